The van der Waals surface area contributed by atoms with Crippen LogP contribution in [0, 0.1) is 11.3 Å². The number of aromatic amines is 1. The Bertz CT molecular complexity index is 900. The van der Waals surface area contributed by atoms with Crippen molar-refractivity contribution >= 4 is 11.0 Å². The monoisotopic (exact) mass is 279 g/mol. The molecule has 0 unspecified atom stereocenters. The van der Waals surface area contributed by atoms with Crippen LogP contribution >= 0.6 is 0 Å². The Kier molecular flexibility index (Phi) is 3.24. The van der Waals surface area contributed by atoms with Crippen LogP contribution in [0.2, 0.25) is 0 Å². The number of benzene rings is 1. The average molecular weight is 279 g/mol. The zero-order valence-corrected chi connectivity index (χ0v) is 11.5. The van der Waals surface area contributed by atoms with Gasteiger partial charge in [0.2, 0.25) is 0 Å². The quantitative estimate of drug-likeness (QED) is 0.791. The number of nitrogens with zero attached hydrogens (tertiary/aromatic N) is 4. The van der Waals surface area contributed by atoms with Gasteiger partial charge in [-0.3, -0.25) is 9.36 Å². The van der Waals surface area contributed by atoms with Gasteiger partial charge in [-0.15, -0.1) is 0 Å². The number of aromatic nitrogens is 4. The van der Waals surface area contributed by atoms with Crippen LogP contribution in [-0.2, 0) is 12.8 Å². The van der Waals surface area contributed by atoms with E-state index in [1.807, 2.05) is 31.2 Å². The Morgan fingerprint density at radius 1 is 1.33 bits per heavy atom. The zero-order valence-electron chi connectivity index (χ0n) is 11.5. The third-order valence-electron chi connectivity index (χ3n) is 3.21. The lowest BCUT2D eigenvalue weighted by atomic mass is 10.3. The number of fused-ring (bicyclic) bond motifs is 1. The van der Waals surface area contributed by atoms with Crippen molar-refractivity contribution in [3.8, 4) is 11.9 Å². The highest BCUT2D eigenvalue weighted by atomic mass is 16.1. The lowest BCUT2D eigenvalue weighted by Crippen LogP contribution is -2.14. The van der Waals surface area contributed by atoms with E-state index in [2.05, 4.69) is 21.0 Å². The SMILES string of the molecule is CCc1nc(-n2c(CC#N)nc3ccccc32)cc(=O)[nH]1. The Labute approximate surface area is 120 Å². The molecule has 1 aromatic carbocycles. The first-order valence-electron chi connectivity index (χ1n) is 6.67. The number of nitriles is 1. The van der Waals surface area contributed by atoms with Crippen LogP contribution in [0.5, 0.6) is 0 Å². The van der Waals surface area contributed by atoms with E-state index >= 15 is 0 Å². The summed E-state index contributed by atoms with van der Waals surface area (Å²) in [5.41, 5.74) is 1.41. The van der Waals surface area contributed by atoms with Crippen LogP contribution in [0.4, 0.5) is 0 Å². The Hall–Kier alpha value is -2.94. The molecule has 3 rings (SSSR count). The van der Waals surface area contributed by atoms with Crippen LogP contribution < -0.4 is 5.56 Å². The van der Waals surface area contributed by atoms with E-state index in [-0.39, 0.29) is 12.0 Å². The van der Waals surface area contributed by atoms with Crippen LogP contribution in [0.1, 0.15) is 18.6 Å². The maximum atomic E-state index is 11.8. The van der Waals surface area contributed by atoms with Gasteiger partial charge >= 0.3 is 0 Å². The number of imidazole rings is 1. The first-order chi connectivity index (χ1) is 10.2. The lowest BCUT2D eigenvalue weighted by Gasteiger charge is -2.07. The standard InChI is InChI=1S/C15H13N5O/c1-2-12-18-14(9-15(21)19-12)20-11-6-4-3-5-10(11)17-13(20)7-8-16/h3-6,9H,2,7H2,1H3,(H,18,19,21). The highest BCUT2D eigenvalue weighted by Crippen LogP contribution is 2.20. The van der Waals surface area contributed by atoms with Gasteiger partial charge in [0.15, 0.2) is 0 Å². The molecule has 0 aliphatic rings. The molecular formula is C15H13N5O. The summed E-state index contributed by atoms with van der Waals surface area (Å²) in [5, 5.41) is 8.98. The molecule has 0 radical (unpaired) electrons. The second-order valence-electron chi connectivity index (χ2n) is 4.59. The number of H-pyrrole nitrogens is 1. The minimum Gasteiger partial charge on any atom is -0.310 e. The molecule has 2 heterocycles. The van der Waals surface area contributed by atoms with Crippen LogP contribution in [0.25, 0.3) is 16.9 Å². The summed E-state index contributed by atoms with van der Waals surface area (Å²) in [5.74, 6) is 1.69. The average Bonchev–Trinajstić information content (AvgIpc) is 2.85. The number of rotatable bonds is 3. The molecule has 2 aromatic heterocycles. The van der Waals surface area contributed by atoms with Gasteiger partial charge < -0.3 is 4.98 Å². The number of hydrogen-bond acceptors (Lipinski definition) is 4. The van der Waals surface area contributed by atoms with Crippen molar-refractivity contribution in [3.63, 3.8) is 0 Å². The molecule has 0 aliphatic heterocycles. The fourth-order valence-corrected chi connectivity index (χ4v) is 2.30. The predicted molar refractivity (Wildman–Crippen MR) is 78.2 cm³/mol. The van der Waals surface area contributed by atoms with Gasteiger partial charge in [-0.25, -0.2) is 9.97 Å². The minimum atomic E-state index is -0.211. The first kappa shape index (κ1) is 13.1. The van der Waals surface area contributed by atoms with Gasteiger partial charge in [-0.1, -0.05) is 19.1 Å². The molecule has 0 aliphatic carbocycles. The van der Waals surface area contributed by atoms with Gasteiger partial charge in [-0.2, -0.15) is 5.26 Å². The van der Waals surface area contributed by atoms with Crippen LogP contribution in [-0.4, -0.2) is 19.5 Å². The van der Waals surface area contributed by atoms with E-state index in [0.29, 0.717) is 23.9 Å². The lowest BCUT2D eigenvalue weighted by molar-refractivity contribution is 0.854. The topological polar surface area (TPSA) is 87.4 Å². The van der Waals surface area contributed by atoms with Crippen molar-refractivity contribution in [3.05, 3.63) is 52.3 Å². The molecule has 0 amide bonds. The molecule has 0 bridgehead atoms. The molecule has 6 heteroatoms. The summed E-state index contributed by atoms with van der Waals surface area (Å²) in [6.45, 7) is 1.92. The van der Waals surface area contributed by atoms with Crippen molar-refractivity contribution in [2.24, 2.45) is 0 Å². The van der Waals surface area contributed by atoms with Gasteiger partial charge in [0.1, 0.15) is 17.5 Å². The van der Waals surface area contributed by atoms with Crippen molar-refractivity contribution in [2.45, 2.75) is 19.8 Å². The molecule has 104 valence electrons. The number of nitrogens with one attached hydrogen (secondary N) is 1. The normalized spacial score (nSPS) is 10.7. The van der Waals surface area contributed by atoms with Gasteiger partial charge in [0.25, 0.3) is 5.56 Å². The highest BCUT2D eigenvalue weighted by molar-refractivity contribution is 5.77. The largest absolute Gasteiger partial charge is 0.310 e. The zero-order chi connectivity index (χ0) is 14.8. The van der Waals surface area contributed by atoms with E-state index in [1.54, 1.807) is 4.57 Å². The molecule has 0 atom stereocenters. The van der Waals surface area contributed by atoms with E-state index in [4.69, 9.17) is 5.26 Å². The summed E-state index contributed by atoms with van der Waals surface area (Å²) < 4.78 is 1.77. The fraction of sp³-hybridized carbons (Fsp3) is 0.200. The maximum absolute atomic E-state index is 11.8. The summed E-state index contributed by atoms with van der Waals surface area (Å²) in [6, 6.07) is 11.1. The second kappa shape index (κ2) is 5.21. The molecule has 3 aromatic rings. The molecule has 1 N–H and O–H groups in total. The van der Waals surface area contributed by atoms with E-state index in [9.17, 15) is 4.79 Å². The predicted octanol–water partition coefficient (Wildman–Crippen LogP) is 1.74. The molecule has 0 saturated heterocycles. The summed E-state index contributed by atoms with van der Waals surface area (Å²) in [7, 11) is 0. The summed E-state index contributed by atoms with van der Waals surface area (Å²) in [4.78, 5) is 23.4. The molecular weight excluding hydrogens is 266 g/mol. The van der Waals surface area contributed by atoms with E-state index < -0.39 is 0 Å². The van der Waals surface area contributed by atoms with Gasteiger partial charge in [0, 0.05) is 12.5 Å². The Morgan fingerprint density at radius 3 is 2.90 bits per heavy atom. The second-order valence-corrected chi connectivity index (χ2v) is 4.59. The number of hydrogen-bond donors (Lipinski definition) is 1. The number of aryl methyl sites for hydroxylation is 1. The Balaban J connectivity index is 2.33. The van der Waals surface area contributed by atoms with Crippen molar-refractivity contribution in [2.75, 3.05) is 0 Å². The third kappa shape index (κ3) is 2.30. The molecule has 0 saturated carbocycles. The third-order valence-corrected chi connectivity index (χ3v) is 3.21. The molecule has 0 fully saturated rings. The van der Waals surface area contributed by atoms with E-state index in [1.165, 1.54) is 6.07 Å². The summed E-state index contributed by atoms with van der Waals surface area (Å²) >= 11 is 0. The van der Waals surface area contributed by atoms with E-state index in [0.717, 1.165) is 11.0 Å². The maximum Gasteiger partial charge on any atom is 0.253 e. The minimum absolute atomic E-state index is 0.157. The van der Waals surface area contributed by atoms with Crippen molar-refractivity contribution in [1.82, 2.24) is 19.5 Å². The van der Waals surface area contributed by atoms with Crippen LogP contribution in [0.3, 0.4) is 0 Å². The van der Waals surface area contributed by atoms with Gasteiger partial charge in [0.05, 0.1) is 23.5 Å². The van der Waals surface area contributed by atoms with Crippen molar-refractivity contribution in [1.29, 1.82) is 5.26 Å². The molecule has 0 spiro atoms. The van der Waals surface area contributed by atoms with Gasteiger partial charge in [-0.05, 0) is 12.1 Å². The highest BCUT2D eigenvalue weighted by Gasteiger charge is 2.13. The fourth-order valence-electron chi connectivity index (χ4n) is 2.30. The van der Waals surface area contributed by atoms with Crippen LogP contribution in [0.15, 0.2) is 35.1 Å². The molecule has 6 nitrogen and oxygen atoms in total. The molecule has 21 heavy (non-hydrogen) atoms. The summed E-state index contributed by atoms with van der Waals surface area (Å²) in [6.07, 6.45) is 0.786. The van der Waals surface area contributed by atoms with Crippen molar-refractivity contribution < 1.29 is 0 Å². The first-order valence-corrected chi connectivity index (χ1v) is 6.67. The Morgan fingerprint density at radius 2 is 2.14 bits per heavy atom. The number of para-hydroxylation sites is 2. The smallest absolute Gasteiger partial charge is 0.253 e.